The largest absolute Gasteiger partial charge is 0.480 e. The summed E-state index contributed by atoms with van der Waals surface area (Å²) in [6.07, 6.45) is 5.92. The average Bonchev–Trinajstić information content (AvgIpc) is 2.53. The van der Waals surface area contributed by atoms with E-state index in [4.69, 9.17) is 5.11 Å². The van der Waals surface area contributed by atoms with Gasteiger partial charge in [0.25, 0.3) is 0 Å². The molecule has 0 aromatic heterocycles. The Morgan fingerprint density at radius 3 is 2.38 bits per heavy atom. The van der Waals surface area contributed by atoms with Crippen LogP contribution in [0.15, 0.2) is 0 Å². The number of carboxylic acid groups (broad SMARTS) is 1. The van der Waals surface area contributed by atoms with E-state index in [9.17, 15) is 4.79 Å². The molecule has 2 atom stereocenters. The van der Waals surface area contributed by atoms with Crippen molar-refractivity contribution in [1.29, 1.82) is 0 Å². The quantitative estimate of drug-likeness (QED) is 0.760. The molecule has 1 N–H and O–H groups in total. The van der Waals surface area contributed by atoms with Crippen molar-refractivity contribution in [2.24, 2.45) is 5.92 Å². The zero-order valence-electron chi connectivity index (χ0n) is 7.95. The van der Waals surface area contributed by atoms with E-state index in [0.29, 0.717) is 11.2 Å². The van der Waals surface area contributed by atoms with E-state index >= 15 is 0 Å². The topological polar surface area (TPSA) is 37.3 Å². The van der Waals surface area contributed by atoms with Gasteiger partial charge in [-0.1, -0.05) is 19.8 Å². The molecule has 2 nitrogen and oxygen atoms in total. The summed E-state index contributed by atoms with van der Waals surface area (Å²) in [7, 11) is 0. The van der Waals surface area contributed by atoms with Gasteiger partial charge in [0.1, 0.15) is 4.75 Å². The highest BCUT2D eigenvalue weighted by atomic mass is 32.2. The van der Waals surface area contributed by atoms with Crippen molar-refractivity contribution in [1.82, 2.24) is 0 Å². The van der Waals surface area contributed by atoms with Gasteiger partial charge in [-0.2, -0.15) is 0 Å². The maximum atomic E-state index is 11.1. The summed E-state index contributed by atoms with van der Waals surface area (Å²) in [6, 6.07) is 0. The van der Waals surface area contributed by atoms with Gasteiger partial charge in [0.15, 0.2) is 0 Å². The van der Waals surface area contributed by atoms with Crippen LogP contribution >= 0.6 is 11.8 Å². The summed E-state index contributed by atoms with van der Waals surface area (Å²) in [5.41, 5.74) is 0. The van der Waals surface area contributed by atoms with Crippen molar-refractivity contribution in [3.8, 4) is 0 Å². The second kappa shape index (κ2) is 3.19. The normalized spacial score (nSPS) is 39.3. The first-order valence-electron chi connectivity index (χ1n) is 5.06. The molecule has 0 aromatic carbocycles. The second-order valence-corrected chi connectivity index (χ2v) is 5.96. The fourth-order valence-electron chi connectivity index (χ4n) is 2.21. The van der Waals surface area contributed by atoms with E-state index < -0.39 is 10.7 Å². The highest BCUT2D eigenvalue weighted by molar-refractivity contribution is 8.02. The van der Waals surface area contributed by atoms with E-state index in [-0.39, 0.29) is 0 Å². The van der Waals surface area contributed by atoms with Crippen LogP contribution in [-0.2, 0) is 4.79 Å². The predicted octanol–water partition coefficient (Wildman–Crippen LogP) is 2.53. The molecule has 0 aromatic rings. The number of thioether (sulfide) groups is 1. The van der Waals surface area contributed by atoms with Crippen LogP contribution in [-0.4, -0.2) is 21.1 Å². The molecule has 74 valence electrons. The average molecular weight is 200 g/mol. The van der Waals surface area contributed by atoms with Crippen LogP contribution in [0, 0.1) is 5.92 Å². The monoisotopic (exact) mass is 200 g/mol. The van der Waals surface area contributed by atoms with Gasteiger partial charge in [-0.25, -0.2) is 0 Å². The van der Waals surface area contributed by atoms with Crippen molar-refractivity contribution in [2.45, 2.75) is 49.0 Å². The second-order valence-electron chi connectivity index (χ2n) is 4.32. The van der Waals surface area contributed by atoms with Crippen LogP contribution in [0.1, 0.15) is 39.0 Å². The van der Waals surface area contributed by atoms with Crippen LogP contribution in [0.5, 0.6) is 0 Å². The fourth-order valence-corrected chi connectivity index (χ4v) is 4.06. The Hall–Kier alpha value is -0.180. The van der Waals surface area contributed by atoms with Crippen LogP contribution in [0.3, 0.4) is 0 Å². The molecule has 2 aliphatic carbocycles. The first kappa shape index (κ1) is 9.38. The Kier molecular flexibility index (Phi) is 2.30. The maximum Gasteiger partial charge on any atom is 0.320 e. The number of aliphatic carboxylic acids is 1. The molecule has 2 saturated carbocycles. The number of carboxylic acids is 1. The number of hydrogen-bond donors (Lipinski definition) is 1. The maximum absolute atomic E-state index is 11.1. The molecule has 0 saturated heterocycles. The molecule has 0 radical (unpaired) electrons. The van der Waals surface area contributed by atoms with Gasteiger partial charge in [0.05, 0.1) is 0 Å². The molecule has 0 bridgehead atoms. The van der Waals surface area contributed by atoms with Crippen molar-refractivity contribution in [3.05, 3.63) is 0 Å². The van der Waals surface area contributed by atoms with Crippen molar-refractivity contribution < 1.29 is 9.90 Å². The lowest BCUT2D eigenvalue weighted by Gasteiger charge is -2.15. The number of rotatable bonds is 3. The van der Waals surface area contributed by atoms with Gasteiger partial charge in [0, 0.05) is 5.25 Å². The smallest absolute Gasteiger partial charge is 0.320 e. The van der Waals surface area contributed by atoms with Gasteiger partial charge in [-0.3, -0.25) is 4.79 Å². The Labute approximate surface area is 83.1 Å². The molecule has 0 spiro atoms. The van der Waals surface area contributed by atoms with E-state index in [1.54, 1.807) is 11.8 Å². The summed E-state index contributed by atoms with van der Waals surface area (Å²) in [5, 5.41) is 9.74. The van der Waals surface area contributed by atoms with E-state index in [1.807, 2.05) is 0 Å². The third kappa shape index (κ3) is 1.58. The van der Waals surface area contributed by atoms with Gasteiger partial charge in [-0.05, 0) is 25.2 Å². The molecule has 2 fully saturated rings. The summed E-state index contributed by atoms with van der Waals surface area (Å²) in [4.78, 5) is 11.1. The minimum absolute atomic E-state index is 0.385. The molecule has 2 aliphatic rings. The lowest BCUT2D eigenvalue weighted by molar-refractivity contribution is -0.137. The zero-order chi connectivity index (χ0) is 9.47. The first-order chi connectivity index (χ1) is 6.15. The van der Waals surface area contributed by atoms with Crippen LogP contribution in [0.2, 0.25) is 0 Å². The molecule has 2 unspecified atom stereocenters. The van der Waals surface area contributed by atoms with Gasteiger partial charge in [0.2, 0.25) is 0 Å². The van der Waals surface area contributed by atoms with Crippen molar-refractivity contribution in [2.75, 3.05) is 0 Å². The molecular formula is C10H16O2S. The fraction of sp³-hybridized carbons (Fsp3) is 0.900. The Bertz CT molecular complexity index is 223. The Balaban J connectivity index is 1.95. The lowest BCUT2D eigenvalue weighted by atomic mass is 10.3. The molecule has 13 heavy (non-hydrogen) atoms. The van der Waals surface area contributed by atoms with Crippen LogP contribution in [0.25, 0.3) is 0 Å². The molecular weight excluding hydrogens is 184 g/mol. The summed E-state index contributed by atoms with van der Waals surface area (Å²) in [5.74, 6) is -0.201. The molecule has 0 heterocycles. The molecule has 0 amide bonds. The minimum Gasteiger partial charge on any atom is -0.480 e. The van der Waals surface area contributed by atoms with Gasteiger partial charge >= 0.3 is 5.97 Å². The molecule has 3 heteroatoms. The van der Waals surface area contributed by atoms with Crippen molar-refractivity contribution in [3.63, 3.8) is 0 Å². The number of carbonyl (C=O) groups is 1. The van der Waals surface area contributed by atoms with E-state index in [0.717, 1.165) is 6.42 Å². The summed E-state index contributed by atoms with van der Waals surface area (Å²) in [6.45, 7) is 2.05. The van der Waals surface area contributed by atoms with E-state index in [1.165, 1.54) is 25.7 Å². The highest BCUT2D eigenvalue weighted by Gasteiger charge is 2.59. The Morgan fingerprint density at radius 1 is 1.46 bits per heavy atom. The highest BCUT2D eigenvalue weighted by Crippen LogP contribution is 2.57. The van der Waals surface area contributed by atoms with Crippen molar-refractivity contribution >= 4 is 17.7 Å². The summed E-state index contributed by atoms with van der Waals surface area (Å²) >= 11 is 1.74. The third-order valence-corrected chi connectivity index (χ3v) is 5.26. The lowest BCUT2D eigenvalue weighted by Crippen LogP contribution is -2.23. The van der Waals surface area contributed by atoms with Crippen LogP contribution in [0.4, 0.5) is 0 Å². The SMILES string of the molecule is CC1CC1(SC1CCCC1)C(=O)O. The molecule has 0 aliphatic heterocycles. The van der Waals surface area contributed by atoms with E-state index in [2.05, 4.69) is 6.92 Å². The first-order valence-corrected chi connectivity index (χ1v) is 5.94. The zero-order valence-corrected chi connectivity index (χ0v) is 8.77. The van der Waals surface area contributed by atoms with Crippen LogP contribution < -0.4 is 0 Å². The van der Waals surface area contributed by atoms with Gasteiger partial charge in [-0.15, -0.1) is 11.8 Å². The van der Waals surface area contributed by atoms with Gasteiger partial charge < -0.3 is 5.11 Å². The molecule has 2 rings (SSSR count). The summed E-state index contributed by atoms with van der Waals surface area (Å²) < 4.78 is -0.394. The minimum atomic E-state index is -0.586. The third-order valence-electron chi connectivity index (χ3n) is 3.29. The standard InChI is InChI=1S/C10H16O2S/c1-7-6-10(7,9(11)12)13-8-4-2-3-5-8/h7-8H,2-6H2,1H3,(H,11,12). The number of hydrogen-bond acceptors (Lipinski definition) is 2. The Morgan fingerprint density at radius 2 is 2.00 bits per heavy atom. The predicted molar refractivity (Wildman–Crippen MR) is 54.0 cm³/mol.